The summed E-state index contributed by atoms with van der Waals surface area (Å²) in [6.07, 6.45) is 0.367. The lowest BCUT2D eigenvalue weighted by Crippen LogP contribution is -2.22. The number of hydrogen-bond acceptors (Lipinski definition) is 3. The first-order valence-electron chi connectivity index (χ1n) is 8.50. The Bertz CT molecular complexity index is 1080. The Morgan fingerprint density at radius 3 is 2.46 bits per heavy atom. The minimum absolute atomic E-state index is 0.0128. The molecule has 0 saturated carbocycles. The van der Waals surface area contributed by atoms with E-state index in [0.717, 1.165) is 33.2 Å². The fourth-order valence-electron chi connectivity index (χ4n) is 3.48. The topological polar surface area (TPSA) is 85.3 Å². The molecule has 5 heteroatoms. The van der Waals surface area contributed by atoms with Crippen LogP contribution >= 0.6 is 0 Å². The molecule has 2 aromatic carbocycles. The van der Waals surface area contributed by atoms with Crippen LogP contribution in [0.15, 0.2) is 41.2 Å². The summed E-state index contributed by atoms with van der Waals surface area (Å²) >= 11 is 0. The fraction of sp³-hybridized carbons (Fsp3) is 0.238. The van der Waals surface area contributed by atoms with Crippen molar-refractivity contribution in [2.24, 2.45) is 7.05 Å². The van der Waals surface area contributed by atoms with Gasteiger partial charge in [-0.15, -0.1) is 0 Å². The highest BCUT2D eigenvalue weighted by atomic mass is 16.4. The summed E-state index contributed by atoms with van der Waals surface area (Å²) in [5.74, 6) is -0.860. The van der Waals surface area contributed by atoms with E-state index < -0.39 is 5.97 Å². The number of nitrogen functional groups attached to an aromatic ring is 1. The van der Waals surface area contributed by atoms with Gasteiger partial charge in [-0.1, -0.05) is 24.3 Å². The number of rotatable bonds is 4. The summed E-state index contributed by atoms with van der Waals surface area (Å²) in [4.78, 5) is 23.9. The van der Waals surface area contributed by atoms with Gasteiger partial charge in [0.2, 0.25) is 0 Å². The van der Waals surface area contributed by atoms with Crippen molar-refractivity contribution in [3.63, 3.8) is 0 Å². The van der Waals surface area contributed by atoms with E-state index in [1.807, 2.05) is 44.2 Å². The van der Waals surface area contributed by atoms with Crippen LogP contribution in [-0.2, 0) is 18.3 Å². The van der Waals surface area contributed by atoms with Crippen LogP contribution in [0.3, 0.4) is 0 Å². The third kappa shape index (κ3) is 2.96. The van der Waals surface area contributed by atoms with Gasteiger partial charge in [0, 0.05) is 24.8 Å². The minimum atomic E-state index is -0.860. The smallest absolute Gasteiger partial charge is 0.303 e. The van der Waals surface area contributed by atoms with Crippen molar-refractivity contribution >= 4 is 22.4 Å². The van der Waals surface area contributed by atoms with Crippen LogP contribution in [0, 0.1) is 13.8 Å². The highest BCUT2D eigenvalue weighted by Crippen LogP contribution is 2.35. The van der Waals surface area contributed by atoms with E-state index in [4.69, 9.17) is 10.8 Å². The molecule has 0 unspecified atom stereocenters. The summed E-state index contributed by atoms with van der Waals surface area (Å²) in [5, 5.41) is 10.8. The highest BCUT2D eigenvalue weighted by Gasteiger charge is 2.17. The van der Waals surface area contributed by atoms with E-state index in [-0.39, 0.29) is 12.0 Å². The molecule has 3 aromatic rings. The number of pyridine rings is 1. The molecule has 3 N–H and O–H groups in total. The largest absolute Gasteiger partial charge is 0.481 e. The van der Waals surface area contributed by atoms with Gasteiger partial charge in [0.1, 0.15) is 0 Å². The second-order valence-electron chi connectivity index (χ2n) is 6.64. The third-order valence-electron chi connectivity index (χ3n) is 4.92. The van der Waals surface area contributed by atoms with Crippen LogP contribution in [0.1, 0.15) is 23.2 Å². The Balaban J connectivity index is 2.34. The summed E-state index contributed by atoms with van der Waals surface area (Å²) in [6, 6.07) is 11.5. The second-order valence-corrected chi connectivity index (χ2v) is 6.64. The molecule has 5 nitrogen and oxygen atoms in total. The van der Waals surface area contributed by atoms with E-state index in [0.29, 0.717) is 17.7 Å². The number of nitrogens with zero attached hydrogens (tertiary/aromatic N) is 1. The van der Waals surface area contributed by atoms with Crippen LogP contribution in [-0.4, -0.2) is 15.6 Å². The number of fused-ring (bicyclic) bond motifs is 1. The summed E-state index contributed by atoms with van der Waals surface area (Å²) < 4.78 is 1.63. The fourth-order valence-corrected chi connectivity index (χ4v) is 3.48. The molecule has 0 spiro atoms. The number of aliphatic carboxylic acids is 1. The van der Waals surface area contributed by atoms with Crippen LogP contribution < -0.4 is 11.3 Å². The lowest BCUT2D eigenvalue weighted by Gasteiger charge is -2.17. The molecule has 0 radical (unpaired) electrons. The molecule has 1 aromatic heterocycles. The monoisotopic (exact) mass is 350 g/mol. The average molecular weight is 350 g/mol. The Labute approximate surface area is 151 Å². The van der Waals surface area contributed by atoms with Crippen molar-refractivity contribution < 1.29 is 9.90 Å². The quantitative estimate of drug-likeness (QED) is 0.706. The molecule has 1 heterocycles. The maximum absolute atomic E-state index is 12.9. The van der Waals surface area contributed by atoms with Gasteiger partial charge in [-0.25, -0.2) is 0 Å². The zero-order chi connectivity index (χ0) is 19.0. The number of benzene rings is 2. The molecule has 0 amide bonds. The minimum Gasteiger partial charge on any atom is -0.481 e. The molecule has 3 rings (SSSR count). The van der Waals surface area contributed by atoms with E-state index in [2.05, 4.69) is 0 Å². The maximum Gasteiger partial charge on any atom is 0.303 e. The van der Waals surface area contributed by atoms with E-state index >= 15 is 0 Å². The average Bonchev–Trinajstić information content (AvgIpc) is 2.59. The van der Waals surface area contributed by atoms with Gasteiger partial charge in [-0.2, -0.15) is 0 Å². The number of anilines is 1. The molecule has 0 atom stereocenters. The van der Waals surface area contributed by atoms with E-state index in [9.17, 15) is 9.59 Å². The highest BCUT2D eigenvalue weighted by molar-refractivity contribution is 6.02. The summed E-state index contributed by atoms with van der Waals surface area (Å²) in [5.41, 5.74) is 10.8. The van der Waals surface area contributed by atoms with Crippen molar-refractivity contribution in [1.29, 1.82) is 0 Å². The summed E-state index contributed by atoms with van der Waals surface area (Å²) in [7, 11) is 1.76. The van der Waals surface area contributed by atoms with Crippen molar-refractivity contribution in [3.05, 3.63) is 63.6 Å². The molecule has 0 saturated heterocycles. The SMILES string of the molecule is Cc1cc(C)n(C)c(=O)c1-c1cc(N)c(CCC(=O)O)c2ccccc12. The van der Waals surface area contributed by atoms with Crippen LogP contribution in [0.2, 0.25) is 0 Å². The van der Waals surface area contributed by atoms with Gasteiger partial charge in [0.15, 0.2) is 0 Å². The molecule has 0 fully saturated rings. The number of nitrogens with two attached hydrogens (primary N) is 1. The molecule has 134 valence electrons. The zero-order valence-corrected chi connectivity index (χ0v) is 15.2. The van der Waals surface area contributed by atoms with Crippen LogP contribution in [0.25, 0.3) is 21.9 Å². The number of carboxylic acids is 1. The van der Waals surface area contributed by atoms with Gasteiger partial charge in [-0.3, -0.25) is 9.59 Å². The predicted molar refractivity (Wildman–Crippen MR) is 104 cm³/mol. The molecule has 26 heavy (non-hydrogen) atoms. The van der Waals surface area contributed by atoms with Gasteiger partial charge in [0.25, 0.3) is 5.56 Å². The van der Waals surface area contributed by atoms with E-state index in [1.54, 1.807) is 17.7 Å². The number of carbonyl (C=O) groups is 1. The number of aryl methyl sites for hydroxylation is 3. The first-order chi connectivity index (χ1) is 12.3. The first kappa shape index (κ1) is 17.7. The lowest BCUT2D eigenvalue weighted by atomic mass is 9.90. The van der Waals surface area contributed by atoms with Gasteiger partial charge < -0.3 is 15.4 Å². The standard InChI is InChI=1S/C21H22N2O3/c1-12-10-13(2)23(3)21(26)20(12)17-11-18(22)16(8-9-19(24)25)14-6-4-5-7-15(14)17/h4-7,10-11H,8-9,22H2,1-3H3,(H,24,25). The van der Waals surface area contributed by atoms with Crippen LogP contribution in [0.4, 0.5) is 5.69 Å². The Morgan fingerprint density at radius 1 is 1.15 bits per heavy atom. The van der Waals surface area contributed by atoms with Crippen molar-refractivity contribution in [1.82, 2.24) is 4.57 Å². The Hall–Kier alpha value is -3.08. The van der Waals surface area contributed by atoms with Gasteiger partial charge >= 0.3 is 5.97 Å². The number of carboxylic acid groups (broad SMARTS) is 1. The maximum atomic E-state index is 12.9. The van der Waals surface area contributed by atoms with Crippen molar-refractivity contribution in [2.45, 2.75) is 26.7 Å². The lowest BCUT2D eigenvalue weighted by molar-refractivity contribution is -0.136. The molecular formula is C21H22N2O3. The van der Waals surface area contributed by atoms with E-state index in [1.165, 1.54) is 0 Å². The molecule has 0 bridgehead atoms. The van der Waals surface area contributed by atoms with Crippen molar-refractivity contribution in [2.75, 3.05) is 5.73 Å². The molecule has 0 aliphatic carbocycles. The van der Waals surface area contributed by atoms with Crippen molar-refractivity contribution in [3.8, 4) is 11.1 Å². The Morgan fingerprint density at radius 2 is 1.81 bits per heavy atom. The second kappa shape index (κ2) is 6.67. The normalized spacial score (nSPS) is 11.0. The third-order valence-corrected chi connectivity index (χ3v) is 4.92. The van der Waals surface area contributed by atoms with Gasteiger partial charge in [0.05, 0.1) is 5.56 Å². The first-order valence-corrected chi connectivity index (χ1v) is 8.50. The molecule has 0 aliphatic heterocycles. The molecule has 0 aliphatic rings. The Kier molecular flexibility index (Phi) is 4.55. The van der Waals surface area contributed by atoms with Crippen LogP contribution in [0.5, 0.6) is 0 Å². The summed E-state index contributed by atoms with van der Waals surface area (Å²) in [6.45, 7) is 3.83. The molecular weight excluding hydrogens is 328 g/mol. The zero-order valence-electron chi connectivity index (χ0n) is 15.2. The van der Waals surface area contributed by atoms with Gasteiger partial charge in [-0.05, 0) is 59.9 Å². The predicted octanol–water partition coefficient (Wildman–Crippen LogP) is 3.42. The number of hydrogen-bond donors (Lipinski definition) is 2. The number of aromatic nitrogens is 1.